The van der Waals surface area contributed by atoms with Crippen LogP contribution in [0.3, 0.4) is 0 Å². The number of rotatable bonds is 8. The van der Waals surface area contributed by atoms with Crippen LogP contribution in [-0.2, 0) is 9.84 Å². The second-order valence-electron chi connectivity index (χ2n) is 6.42. The van der Waals surface area contributed by atoms with E-state index < -0.39 is 45.8 Å². The van der Waals surface area contributed by atoms with Crippen molar-refractivity contribution < 1.29 is 60.6 Å². The number of unbranched alkanes of at least 4 members (excludes halogenated alkanes) is 1. The van der Waals surface area contributed by atoms with Gasteiger partial charge in [0.25, 0.3) is 5.67 Å². The van der Waals surface area contributed by atoms with E-state index in [9.17, 15) is 39.2 Å². The van der Waals surface area contributed by atoms with Crippen LogP contribution in [0, 0.1) is 0 Å². The Bertz CT molecular complexity index is 473. The zero-order valence-electron chi connectivity index (χ0n) is 14.1. The number of alkyl halides is 7. The molecule has 0 saturated carbocycles. The Kier molecular flexibility index (Phi) is 11.5. The van der Waals surface area contributed by atoms with E-state index in [0.717, 1.165) is 0 Å². The highest BCUT2D eigenvalue weighted by atomic mass is 79.9. The van der Waals surface area contributed by atoms with Crippen LogP contribution in [0.4, 0.5) is 30.7 Å². The molecule has 0 aromatic rings. The number of nitrogens with zero attached hydrogens (tertiary/aromatic N) is 1. The molecule has 4 nitrogen and oxygen atoms in total. The minimum Gasteiger partial charge on any atom is -1.00 e. The molecular weight excluding hydrogens is 449 g/mol. The Morgan fingerprint density at radius 1 is 0.800 bits per heavy atom. The molecular formula is C12H24BrF7N2O2S. The highest BCUT2D eigenvalue weighted by Gasteiger charge is 2.72. The quantitative estimate of drug-likeness (QED) is 0.313. The van der Waals surface area contributed by atoms with Gasteiger partial charge in [-0.05, 0) is 12.8 Å². The maximum absolute atomic E-state index is 13.4. The van der Waals surface area contributed by atoms with E-state index in [1.165, 1.54) is 0 Å². The standard InChI is InChI=1S/C12H21F7NO2S.BrH.H3N/c1-20(2,3)7-4-5-8-23(21,22)9-6-10(13,11(14,15)16)12(17,18)19;;/h4-9H2,1-3H3;1H;1H3/q+1;;/p-1. The third-order valence-electron chi connectivity index (χ3n) is 3.19. The fraction of sp³-hybridized carbons (Fsp3) is 1.00. The third kappa shape index (κ3) is 9.94. The van der Waals surface area contributed by atoms with E-state index >= 15 is 0 Å². The second-order valence-corrected chi connectivity index (χ2v) is 8.72. The summed E-state index contributed by atoms with van der Waals surface area (Å²) in [5.41, 5.74) is -5.52. The molecule has 0 aliphatic heterocycles. The van der Waals surface area contributed by atoms with Gasteiger partial charge in [-0.2, -0.15) is 26.3 Å². The summed E-state index contributed by atoms with van der Waals surface area (Å²) in [5, 5.41) is 0. The van der Waals surface area contributed by atoms with E-state index in [-0.39, 0.29) is 29.6 Å². The fourth-order valence-electron chi connectivity index (χ4n) is 1.75. The lowest BCUT2D eigenvalue weighted by Crippen LogP contribution is -3.00. The summed E-state index contributed by atoms with van der Waals surface area (Å²) in [7, 11) is 1.34. The maximum atomic E-state index is 13.4. The lowest BCUT2D eigenvalue weighted by atomic mass is 10.0. The van der Waals surface area contributed by atoms with Crippen LogP contribution in [0.2, 0.25) is 0 Å². The van der Waals surface area contributed by atoms with Crippen LogP contribution in [-0.4, -0.2) is 70.1 Å². The molecule has 0 aromatic carbocycles. The highest BCUT2D eigenvalue weighted by molar-refractivity contribution is 7.91. The number of hydrogen-bond acceptors (Lipinski definition) is 3. The van der Waals surface area contributed by atoms with Gasteiger partial charge >= 0.3 is 12.4 Å². The minimum atomic E-state index is -6.22. The molecule has 0 bridgehead atoms. The summed E-state index contributed by atoms with van der Waals surface area (Å²) < 4.78 is 111. The van der Waals surface area contributed by atoms with Gasteiger partial charge in [-0.3, -0.25) is 0 Å². The molecule has 3 N–H and O–H groups in total. The van der Waals surface area contributed by atoms with Gasteiger partial charge in [0.1, 0.15) is 9.84 Å². The lowest BCUT2D eigenvalue weighted by Gasteiger charge is -2.29. The van der Waals surface area contributed by atoms with Crippen molar-refractivity contribution >= 4 is 9.84 Å². The minimum absolute atomic E-state index is 0. The fourth-order valence-corrected chi connectivity index (χ4v) is 3.19. The average molecular weight is 473 g/mol. The van der Waals surface area contributed by atoms with Gasteiger partial charge in [-0.1, -0.05) is 0 Å². The number of halogens is 8. The van der Waals surface area contributed by atoms with E-state index in [1.54, 1.807) is 0 Å². The predicted octanol–water partition coefficient (Wildman–Crippen LogP) is 0.277. The molecule has 0 aromatic heterocycles. The molecule has 0 amide bonds. The van der Waals surface area contributed by atoms with Gasteiger partial charge in [0.2, 0.25) is 0 Å². The summed E-state index contributed by atoms with van der Waals surface area (Å²) in [6.45, 7) is 0.591. The lowest BCUT2D eigenvalue weighted by molar-refractivity contribution is -0.870. The Hall–Kier alpha value is -0.140. The van der Waals surface area contributed by atoms with Crippen molar-refractivity contribution in [3.63, 3.8) is 0 Å². The highest BCUT2D eigenvalue weighted by Crippen LogP contribution is 2.48. The smallest absolute Gasteiger partial charge is 0.431 e. The average Bonchev–Trinajstić information content (AvgIpc) is 2.28. The molecule has 0 aliphatic carbocycles. The normalized spacial score (nSPS) is 13.8. The Balaban J connectivity index is -0.00000242. The molecule has 0 saturated heterocycles. The first-order chi connectivity index (χ1) is 9.91. The van der Waals surface area contributed by atoms with Crippen LogP contribution in [0.15, 0.2) is 0 Å². The Morgan fingerprint density at radius 2 is 1.20 bits per heavy atom. The van der Waals surface area contributed by atoms with Gasteiger partial charge < -0.3 is 27.6 Å². The first-order valence-corrected chi connectivity index (χ1v) is 8.57. The number of hydrogen-bond donors (Lipinski definition) is 1. The summed E-state index contributed by atoms with van der Waals surface area (Å²) >= 11 is 0. The molecule has 156 valence electrons. The molecule has 0 fully saturated rings. The van der Waals surface area contributed by atoms with Gasteiger partial charge in [0.15, 0.2) is 0 Å². The molecule has 0 unspecified atom stereocenters. The third-order valence-corrected chi connectivity index (χ3v) is 4.93. The van der Waals surface area contributed by atoms with Crippen LogP contribution < -0.4 is 23.1 Å². The van der Waals surface area contributed by atoms with Crippen molar-refractivity contribution in [1.29, 1.82) is 0 Å². The van der Waals surface area contributed by atoms with E-state index in [0.29, 0.717) is 17.4 Å². The zero-order valence-corrected chi connectivity index (χ0v) is 16.5. The first-order valence-electron chi connectivity index (χ1n) is 6.74. The van der Waals surface area contributed by atoms with Crippen LogP contribution >= 0.6 is 0 Å². The number of quaternary nitrogens is 1. The monoisotopic (exact) mass is 472 g/mol. The van der Waals surface area contributed by atoms with Gasteiger partial charge in [0, 0.05) is 6.42 Å². The summed E-state index contributed by atoms with van der Waals surface area (Å²) in [4.78, 5) is 0. The van der Waals surface area contributed by atoms with Crippen LogP contribution in [0.5, 0.6) is 0 Å². The molecule has 13 heteroatoms. The van der Waals surface area contributed by atoms with Crippen LogP contribution in [0.1, 0.15) is 19.3 Å². The van der Waals surface area contributed by atoms with Crippen molar-refractivity contribution in [3.8, 4) is 0 Å². The molecule has 0 atom stereocenters. The van der Waals surface area contributed by atoms with Crippen molar-refractivity contribution in [2.75, 3.05) is 39.2 Å². The predicted molar refractivity (Wildman–Crippen MR) is 76.4 cm³/mol. The molecule has 0 radical (unpaired) electrons. The molecule has 0 rings (SSSR count). The molecule has 0 spiro atoms. The van der Waals surface area contributed by atoms with Crippen molar-refractivity contribution in [3.05, 3.63) is 0 Å². The zero-order chi connectivity index (χ0) is 18.7. The molecule has 25 heavy (non-hydrogen) atoms. The van der Waals surface area contributed by atoms with Crippen molar-refractivity contribution in [2.24, 2.45) is 0 Å². The molecule has 0 aliphatic rings. The number of sulfone groups is 1. The van der Waals surface area contributed by atoms with Crippen molar-refractivity contribution in [2.45, 2.75) is 37.3 Å². The summed E-state index contributed by atoms with van der Waals surface area (Å²) in [5.74, 6) is -2.08. The van der Waals surface area contributed by atoms with Gasteiger partial charge in [0.05, 0.1) is 39.2 Å². The van der Waals surface area contributed by atoms with Crippen LogP contribution in [0.25, 0.3) is 0 Å². The Morgan fingerprint density at radius 3 is 1.52 bits per heavy atom. The van der Waals surface area contributed by atoms with Gasteiger partial charge in [-0.15, -0.1) is 0 Å². The van der Waals surface area contributed by atoms with E-state index in [1.807, 2.05) is 21.1 Å². The van der Waals surface area contributed by atoms with Crippen molar-refractivity contribution in [1.82, 2.24) is 6.15 Å². The Labute approximate surface area is 153 Å². The van der Waals surface area contributed by atoms with E-state index in [4.69, 9.17) is 0 Å². The SMILES string of the molecule is C[N+](C)(C)CCCCS(=O)(=O)CCC(F)(C(F)(F)F)C(F)(F)F.N.[Br-]. The van der Waals surface area contributed by atoms with E-state index in [2.05, 4.69) is 0 Å². The second kappa shape index (κ2) is 9.70. The first kappa shape index (κ1) is 29.6. The topological polar surface area (TPSA) is 69.1 Å². The summed E-state index contributed by atoms with van der Waals surface area (Å²) in [6, 6.07) is 0. The largest absolute Gasteiger partial charge is 1.00 e. The summed E-state index contributed by atoms with van der Waals surface area (Å²) in [6.07, 6.45) is -14.1. The van der Waals surface area contributed by atoms with Gasteiger partial charge in [-0.25, -0.2) is 12.8 Å². The maximum Gasteiger partial charge on any atom is 0.431 e. The molecule has 0 heterocycles.